The van der Waals surface area contributed by atoms with Gasteiger partial charge >= 0.3 is 0 Å². The molecule has 0 amide bonds. The number of hydrogen-bond acceptors (Lipinski definition) is 8. The van der Waals surface area contributed by atoms with E-state index in [1.807, 2.05) is 0 Å². The first kappa shape index (κ1) is 16.0. The standard InChI is InChI=1S/C15H18N6O4/c16-20-13-8-5-19-21(14(8)18-6-17-13)15-11(24)10(23)12(25-15)9(22)4-3-7-1-2-7/h5-7,9-12,15,22-24H,1-2,16H2,(H,17,18,20)/t9-,10+,11-,12-,15-/m1/s1. The Hall–Kier alpha value is -2.45. The first-order valence-corrected chi connectivity index (χ1v) is 7.95. The van der Waals surface area contributed by atoms with Gasteiger partial charge in [-0.25, -0.2) is 9.67 Å². The molecule has 1 aliphatic carbocycles. The highest BCUT2D eigenvalue weighted by atomic mass is 16.6. The molecule has 5 atom stereocenters. The van der Waals surface area contributed by atoms with E-state index in [1.54, 1.807) is 0 Å². The summed E-state index contributed by atoms with van der Waals surface area (Å²) in [7, 11) is 0. The van der Waals surface area contributed by atoms with Crippen LogP contribution in [0.25, 0.3) is 11.0 Å². The van der Waals surface area contributed by atoms with E-state index in [9.17, 15) is 15.3 Å². The Labute approximate surface area is 141 Å². The van der Waals surface area contributed by atoms with Crippen LogP contribution in [0, 0.1) is 17.8 Å². The summed E-state index contributed by atoms with van der Waals surface area (Å²) in [5.41, 5.74) is 0.745. The number of nitrogens with two attached hydrogens (primary N) is 1. The van der Waals surface area contributed by atoms with Crippen molar-refractivity contribution in [2.24, 2.45) is 16.9 Å². The van der Waals surface area contributed by atoms with Crippen molar-refractivity contribution >= 4 is 11.0 Å². The Morgan fingerprint density at radius 1 is 1.40 bits per heavy atom. The Bertz CT molecular complexity index is 908. The van der Waals surface area contributed by atoms with Crippen molar-refractivity contribution in [2.45, 2.75) is 43.5 Å². The fourth-order valence-electron chi connectivity index (χ4n) is 2.85. The molecule has 0 aromatic carbocycles. The molecule has 25 heavy (non-hydrogen) atoms. The predicted molar refractivity (Wildman–Crippen MR) is 84.1 cm³/mol. The monoisotopic (exact) mass is 346 g/mol. The second kappa shape index (κ2) is 6.12. The van der Waals surface area contributed by atoms with Crippen LogP contribution in [0.4, 0.5) is 0 Å². The molecule has 0 bridgehead atoms. The summed E-state index contributed by atoms with van der Waals surface area (Å²) in [5, 5.41) is 39.0. The average molecular weight is 346 g/mol. The van der Waals surface area contributed by atoms with Gasteiger partial charge in [0.25, 0.3) is 0 Å². The number of aromatic amines is 1. The molecule has 0 spiro atoms. The van der Waals surface area contributed by atoms with Crippen LogP contribution >= 0.6 is 0 Å². The molecule has 2 aromatic rings. The number of nitrogens with one attached hydrogen (secondary N) is 1. The summed E-state index contributed by atoms with van der Waals surface area (Å²) >= 11 is 0. The third-order valence-electron chi connectivity index (χ3n) is 4.39. The molecule has 6 N–H and O–H groups in total. The Balaban J connectivity index is 1.64. The lowest BCUT2D eigenvalue weighted by atomic mass is 10.1. The number of fused-ring (bicyclic) bond motifs is 1. The van der Waals surface area contributed by atoms with E-state index < -0.39 is 30.6 Å². The normalized spacial score (nSPS) is 31.1. The fraction of sp³-hybridized carbons (Fsp3) is 0.533. The number of nitrogens with zero attached hydrogens (tertiary/aromatic N) is 4. The summed E-state index contributed by atoms with van der Waals surface area (Å²) in [6.07, 6.45) is -0.907. The van der Waals surface area contributed by atoms with Gasteiger partial charge < -0.3 is 30.9 Å². The zero-order valence-corrected chi connectivity index (χ0v) is 13.1. The van der Waals surface area contributed by atoms with Gasteiger partial charge in [0.1, 0.15) is 30.1 Å². The molecule has 2 aromatic heterocycles. The van der Waals surface area contributed by atoms with E-state index in [0.29, 0.717) is 17.0 Å². The lowest BCUT2D eigenvalue weighted by Crippen LogP contribution is -2.38. The number of rotatable bonds is 2. The molecule has 10 nitrogen and oxygen atoms in total. The number of aliphatic hydroxyl groups excluding tert-OH is 3. The maximum absolute atomic E-state index is 10.4. The molecule has 2 fully saturated rings. The lowest BCUT2D eigenvalue weighted by Gasteiger charge is -2.16. The van der Waals surface area contributed by atoms with Gasteiger partial charge in [-0.15, -0.1) is 0 Å². The maximum Gasteiger partial charge on any atom is 0.185 e. The summed E-state index contributed by atoms with van der Waals surface area (Å²) in [5.74, 6) is 11.2. The van der Waals surface area contributed by atoms with E-state index in [0.717, 1.165) is 12.8 Å². The minimum atomic E-state index is -1.30. The minimum absolute atomic E-state index is 0.278. The van der Waals surface area contributed by atoms with Gasteiger partial charge in [0, 0.05) is 5.92 Å². The van der Waals surface area contributed by atoms with Gasteiger partial charge in [-0.3, -0.25) is 0 Å². The first-order chi connectivity index (χ1) is 12.1. The summed E-state index contributed by atoms with van der Waals surface area (Å²) < 4.78 is 7.03. The van der Waals surface area contributed by atoms with Crippen LogP contribution in [0.3, 0.4) is 0 Å². The maximum atomic E-state index is 10.4. The van der Waals surface area contributed by atoms with E-state index >= 15 is 0 Å². The molecule has 0 unspecified atom stereocenters. The quantitative estimate of drug-likeness (QED) is 0.238. The summed E-state index contributed by atoms with van der Waals surface area (Å²) in [6.45, 7) is 0. The molecule has 132 valence electrons. The second-order valence-corrected chi connectivity index (χ2v) is 6.19. The average Bonchev–Trinajstić information content (AvgIpc) is 3.29. The van der Waals surface area contributed by atoms with Crippen molar-refractivity contribution in [1.29, 1.82) is 0 Å². The fourth-order valence-corrected chi connectivity index (χ4v) is 2.85. The number of hydrogen-bond donors (Lipinski definition) is 5. The van der Waals surface area contributed by atoms with Crippen LogP contribution in [-0.2, 0) is 4.74 Å². The van der Waals surface area contributed by atoms with Crippen LogP contribution in [0.5, 0.6) is 0 Å². The zero-order valence-electron chi connectivity index (χ0n) is 13.1. The molecular weight excluding hydrogens is 328 g/mol. The highest BCUT2D eigenvalue weighted by Gasteiger charge is 2.47. The predicted octanol–water partition coefficient (Wildman–Crippen LogP) is -2.07. The Morgan fingerprint density at radius 3 is 2.92 bits per heavy atom. The van der Waals surface area contributed by atoms with Crippen LogP contribution < -0.4 is 11.3 Å². The van der Waals surface area contributed by atoms with Gasteiger partial charge in [0.15, 0.2) is 11.7 Å². The third kappa shape index (κ3) is 2.77. The summed E-state index contributed by atoms with van der Waals surface area (Å²) in [6, 6.07) is 0. The molecule has 1 saturated carbocycles. The number of aliphatic hydroxyl groups is 3. The third-order valence-corrected chi connectivity index (χ3v) is 4.39. The van der Waals surface area contributed by atoms with Crippen molar-refractivity contribution in [3.05, 3.63) is 18.0 Å². The van der Waals surface area contributed by atoms with Gasteiger partial charge in [-0.05, 0) is 12.8 Å². The van der Waals surface area contributed by atoms with Gasteiger partial charge in [0.05, 0.1) is 17.9 Å². The van der Waals surface area contributed by atoms with Gasteiger partial charge in [-0.2, -0.15) is 10.2 Å². The molecule has 0 radical (unpaired) electrons. The lowest BCUT2D eigenvalue weighted by molar-refractivity contribution is -0.0717. The van der Waals surface area contributed by atoms with Gasteiger partial charge in [-0.1, -0.05) is 11.8 Å². The largest absolute Gasteiger partial charge is 0.387 e. The molecule has 3 heterocycles. The molecule has 2 aliphatic rings. The SMILES string of the molecule is N/N=c1/nc[nH]c2c1cnn2[C@@H]1O[C@H]([C@H](O)C#CC2CC2)[C@@H](O)[C@H]1O. The van der Waals surface area contributed by atoms with Crippen LogP contribution in [-0.4, -0.2) is 59.5 Å². The summed E-state index contributed by atoms with van der Waals surface area (Å²) in [4.78, 5) is 6.87. The van der Waals surface area contributed by atoms with Crippen molar-refractivity contribution in [1.82, 2.24) is 19.7 Å². The van der Waals surface area contributed by atoms with Crippen molar-refractivity contribution in [3.63, 3.8) is 0 Å². The molecule has 10 heteroatoms. The first-order valence-electron chi connectivity index (χ1n) is 7.95. The highest BCUT2D eigenvalue weighted by molar-refractivity contribution is 5.72. The number of H-pyrrole nitrogens is 1. The van der Waals surface area contributed by atoms with Crippen LogP contribution in [0.15, 0.2) is 17.6 Å². The molecule has 1 saturated heterocycles. The highest BCUT2D eigenvalue weighted by Crippen LogP contribution is 2.32. The van der Waals surface area contributed by atoms with E-state index in [1.165, 1.54) is 17.2 Å². The smallest absolute Gasteiger partial charge is 0.185 e. The van der Waals surface area contributed by atoms with Crippen LogP contribution in [0.1, 0.15) is 19.1 Å². The number of aromatic nitrogens is 4. The second-order valence-electron chi connectivity index (χ2n) is 6.19. The van der Waals surface area contributed by atoms with Crippen molar-refractivity contribution < 1.29 is 20.1 Å². The Kier molecular flexibility index (Phi) is 3.93. The van der Waals surface area contributed by atoms with Gasteiger partial charge in [0.2, 0.25) is 0 Å². The number of ether oxygens (including phenoxy) is 1. The van der Waals surface area contributed by atoms with Crippen molar-refractivity contribution in [2.75, 3.05) is 0 Å². The van der Waals surface area contributed by atoms with E-state index in [-0.39, 0.29) is 5.49 Å². The van der Waals surface area contributed by atoms with E-state index in [2.05, 4.69) is 32.0 Å². The topological polar surface area (TPSA) is 155 Å². The van der Waals surface area contributed by atoms with Crippen LogP contribution in [0.2, 0.25) is 0 Å². The molecule has 4 rings (SSSR count). The Morgan fingerprint density at radius 2 is 2.20 bits per heavy atom. The van der Waals surface area contributed by atoms with Crippen molar-refractivity contribution in [3.8, 4) is 11.8 Å². The minimum Gasteiger partial charge on any atom is -0.387 e. The van der Waals surface area contributed by atoms with E-state index in [4.69, 9.17) is 10.6 Å². The molecule has 1 aliphatic heterocycles. The zero-order chi connectivity index (χ0) is 17.6. The molecular formula is C15H18N6O4.